The van der Waals surface area contributed by atoms with Crippen molar-refractivity contribution in [2.24, 2.45) is 16.2 Å². The van der Waals surface area contributed by atoms with E-state index in [-0.39, 0.29) is 5.41 Å². The van der Waals surface area contributed by atoms with E-state index in [9.17, 15) is 0 Å². The van der Waals surface area contributed by atoms with Crippen molar-refractivity contribution < 1.29 is 0 Å². The fraction of sp³-hybridized carbons (Fsp3) is 0.929. The molecule has 0 N–H and O–H groups in total. The van der Waals surface area contributed by atoms with Crippen molar-refractivity contribution >= 4 is 0 Å². The maximum Gasteiger partial charge on any atom is 0.0703 e. The van der Waals surface area contributed by atoms with Crippen molar-refractivity contribution in [2.45, 2.75) is 47.0 Å². The smallest absolute Gasteiger partial charge is 0.0703 e. The topological polar surface area (TPSA) is 27.0 Å². The van der Waals surface area contributed by atoms with Crippen LogP contribution >= 0.6 is 0 Å². The van der Waals surface area contributed by atoms with E-state index in [4.69, 9.17) is 5.26 Å². The molecule has 90 valence electrons. The van der Waals surface area contributed by atoms with Gasteiger partial charge in [-0.1, -0.05) is 27.7 Å². The molecule has 1 unspecified atom stereocenters. The molecule has 2 fully saturated rings. The van der Waals surface area contributed by atoms with Crippen LogP contribution in [0.3, 0.4) is 0 Å². The standard InChI is InChI=1S/C14H24N2/c1-12(2,3)13(4)7-8-16(10-13)11-14(9-15)5-6-14/h5-8,10-11H2,1-4H3. The lowest BCUT2D eigenvalue weighted by atomic mass is 9.67. The molecule has 2 rings (SSSR count). The quantitative estimate of drug-likeness (QED) is 0.715. The summed E-state index contributed by atoms with van der Waals surface area (Å²) in [5.41, 5.74) is 0.812. The van der Waals surface area contributed by atoms with Crippen LogP contribution in [0.4, 0.5) is 0 Å². The van der Waals surface area contributed by atoms with Crippen LogP contribution in [-0.2, 0) is 0 Å². The Morgan fingerprint density at radius 2 is 1.88 bits per heavy atom. The Morgan fingerprint density at radius 3 is 2.25 bits per heavy atom. The van der Waals surface area contributed by atoms with Gasteiger partial charge in [0.2, 0.25) is 0 Å². The number of nitrogens with zero attached hydrogens (tertiary/aromatic N) is 2. The summed E-state index contributed by atoms with van der Waals surface area (Å²) < 4.78 is 0. The molecule has 2 heteroatoms. The lowest BCUT2D eigenvalue weighted by Crippen LogP contribution is -2.37. The molecule has 1 saturated carbocycles. The molecule has 0 spiro atoms. The first-order valence-electron chi connectivity index (χ1n) is 6.44. The number of hydrogen-bond acceptors (Lipinski definition) is 2. The summed E-state index contributed by atoms with van der Waals surface area (Å²) in [5, 5.41) is 9.13. The minimum atomic E-state index is 0.0309. The summed E-state index contributed by atoms with van der Waals surface area (Å²) >= 11 is 0. The first kappa shape index (κ1) is 11.9. The van der Waals surface area contributed by atoms with E-state index in [2.05, 4.69) is 38.7 Å². The van der Waals surface area contributed by atoms with Crippen LogP contribution in [0.15, 0.2) is 0 Å². The summed E-state index contributed by atoms with van der Waals surface area (Å²) in [5.74, 6) is 0. The van der Waals surface area contributed by atoms with Gasteiger partial charge in [-0.05, 0) is 36.6 Å². The van der Waals surface area contributed by atoms with E-state index in [0.29, 0.717) is 10.8 Å². The number of hydrogen-bond donors (Lipinski definition) is 0. The molecule has 0 aromatic carbocycles. The Morgan fingerprint density at radius 1 is 1.25 bits per heavy atom. The van der Waals surface area contributed by atoms with Gasteiger partial charge in [0.05, 0.1) is 11.5 Å². The lowest BCUT2D eigenvalue weighted by Gasteiger charge is -2.39. The van der Waals surface area contributed by atoms with Gasteiger partial charge in [-0.25, -0.2) is 0 Å². The van der Waals surface area contributed by atoms with Crippen LogP contribution in [0.5, 0.6) is 0 Å². The first-order chi connectivity index (χ1) is 7.30. The van der Waals surface area contributed by atoms with E-state index in [1.165, 1.54) is 19.5 Å². The van der Waals surface area contributed by atoms with Crippen LogP contribution < -0.4 is 0 Å². The largest absolute Gasteiger partial charge is 0.301 e. The van der Waals surface area contributed by atoms with Gasteiger partial charge in [-0.2, -0.15) is 5.26 Å². The van der Waals surface area contributed by atoms with Gasteiger partial charge in [-0.15, -0.1) is 0 Å². The lowest BCUT2D eigenvalue weighted by molar-refractivity contribution is 0.112. The summed E-state index contributed by atoms with van der Waals surface area (Å²) in [6.45, 7) is 12.8. The highest BCUT2D eigenvalue weighted by Crippen LogP contribution is 2.49. The second-order valence-electron chi connectivity index (χ2n) is 7.16. The van der Waals surface area contributed by atoms with Gasteiger partial charge in [0.25, 0.3) is 0 Å². The molecule has 0 aromatic heterocycles. The third kappa shape index (κ3) is 1.98. The Labute approximate surface area is 99.6 Å². The van der Waals surface area contributed by atoms with E-state index >= 15 is 0 Å². The number of nitriles is 1. The maximum absolute atomic E-state index is 9.13. The summed E-state index contributed by atoms with van der Waals surface area (Å²) in [4.78, 5) is 2.52. The third-order valence-electron chi connectivity index (χ3n) is 4.98. The minimum Gasteiger partial charge on any atom is -0.301 e. The molecule has 1 aliphatic carbocycles. The van der Waals surface area contributed by atoms with Gasteiger partial charge in [0.1, 0.15) is 0 Å². The van der Waals surface area contributed by atoms with Crippen molar-refractivity contribution in [3.8, 4) is 6.07 Å². The van der Waals surface area contributed by atoms with E-state index in [0.717, 1.165) is 19.4 Å². The van der Waals surface area contributed by atoms with Gasteiger partial charge >= 0.3 is 0 Å². The second-order valence-corrected chi connectivity index (χ2v) is 7.16. The van der Waals surface area contributed by atoms with Gasteiger partial charge in [-0.3, -0.25) is 0 Å². The Hall–Kier alpha value is -0.550. The minimum absolute atomic E-state index is 0.0309. The van der Waals surface area contributed by atoms with Crippen LogP contribution in [0.2, 0.25) is 0 Å². The summed E-state index contributed by atoms with van der Waals surface area (Å²) in [6.07, 6.45) is 3.51. The summed E-state index contributed by atoms with van der Waals surface area (Å²) in [7, 11) is 0. The van der Waals surface area contributed by atoms with Crippen LogP contribution in [0.1, 0.15) is 47.0 Å². The molecular formula is C14H24N2. The highest BCUT2D eigenvalue weighted by Gasteiger charge is 2.49. The normalized spacial score (nSPS) is 33.7. The van der Waals surface area contributed by atoms with Gasteiger partial charge in [0.15, 0.2) is 0 Å². The summed E-state index contributed by atoms with van der Waals surface area (Å²) in [6, 6.07) is 2.50. The second kappa shape index (κ2) is 3.47. The highest BCUT2D eigenvalue weighted by atomic mass is 15.2. The zero-order valence-corrected chi connectivity index (χ0v) is 11.1. The van der Waals surface area contributed by atoms with Crippen molar-refractivity contribution in [3.63, 3.8) is 0 Å². The van der Waals surface area contributed by atoms with Crippen LogP contribution in [0, 0.1) is 27.6 Å². The Kier molecular flexibility index (Phi) is 2.58. The third-order valence-corrected chi connectivity index (χ3v) is 4.98. The molecular weight excluding hydrogens is 196 g/mol. The average Bonchev–Trinajstić information content (AvgIpc) is 2.83. The van der Waals surface area contributed by atoms with Crippen molar-refractivity contribution in [1.29, 1.82) is 5.26 Å². The van der Waals surface area contributed by atoms with E-state index < -0.39 is 0 Å². The number of rotatable bonds is 2. The van der Waals surface area contributed by atoms with Gasteiger partial charge < -0.3 is 4.90 Å². The van der Waals surface area contributed by atoms with Crippen molar-refractivity contribution in [3.05, 3.63) is 0 Å². The van der Waals surface area contributed by atoms with Gasteiger partial charge in [0, 0.05) is 13.1 Å². The van der Waals surface area contributed by atoms with E-state index in [1.807, 2.05) is 0 Å². The Balaban J connectivity index is 1.96. The molecule has 2 nitrogen and oxygen atoms in total. The number of likely N-dealkylation sites (tertiary alicyclic amines) is 1. The fourth-order valence-electron chi connectivity index (χ4n) is 2.69. The molecule has 1 atom stereocenters. The zero-order valence-electron chi connectivity index (χ0n) is 11.1. The first-order valence-corrected chi connectivity index (χ1v) is 6.44. The molecule has 0 amide bonds. The van der Waals surface area contributed by atoms with Crippen molar-refractivity contribution in [1.82, 2.24) is 4.90 Å². The predicted octanol–water partition coefficient (Wildman–Crippen LogP) is 3.05. The Bertz CT molecular complexity index is 317. The van der Waals surface area contributed by atoms with E-state index in [1.54, 1.807) is 0 Å². The highest BCUT2D eigenvalue weighted by molar-refractivity contribution is 5.12. The molecule has 2 aliphatic rings. The molecule has 1 saturated heterocycles. The molecule has 1 aliphatic heterocycles. The zero-order chi connectivity index (χ0) is 12.0. The molecule has 16 heavy (non-hydrogen) atoms. The monoisotopic (exact) mass is 220 g/mol. The van der Waals surface area contributed by atoms with Crippen LogP contribution in [0.25, 0.3) is 0 Å². The molecule has 1 heterocycles. The average molecular weight is 220 g/mol. The predicted molar refractivity (Wildman–Crippen MR) is 65.9 cm³/mol. The maximum atomic E-state index is 9.13. The SMILES string of the molecule is CC(C)(C)C1(C)CCN(CC2(C#N)CC2)C1. The molecule has 0 radical (unpaired) electrons. The molecule has 0 aromatic rings. The van der Waals surface area contributed by atoms with Crippen LogP contribution in [-0.4, -0.2) is 24.5 Å². The molecule has 0 bridgehead atoms. The van der Waals surface area contributed by atoms with Crippen molar-refractivity contribution in [2.75, 3.05) is 19.6 Å². The fourth-order valence-corrected chi connectivity index (χ4v) is 2.69.